The Balaban J connectivity index is 3.16. The van der Waals surface area contributed by atoms with E-state index in [0.717, 1.165) is 5.69 Å². The van der Waals surface area contributed by atoms with E-state index in [1.165, 1.54) is 6.08 Å². The minimum Gasteiger partial charge on any atom is -0.305 e. The van der Waals surface area contributed by atoms with Crippen LogP contribution in [0.25, 0.3) is 0 Å². The van der Waals surface area contributed by atoms with Crippen LogP contribution in [0.3, 0.4) is 0 Å². The summed E-state index contributed by atoms with van der Waals surface area (Å²) in [4.78, 5) is 13.3. The lowest BCUT2D eigenvalue weighted by Crippen LogP contribution is -2.35. The fourth-order valence-electron chi connectivity index (χ4n) is 1.40. The quantitative estimate of drug-likeness (QED) is 0.721. The fourth-order valence-corrected chi connectivity index (χ4v) is 1.62. The van der Waals surface area contributed by atoms with Gasteiger partial charge in [0, 0.05) is 6.04 Å². The fraction of sp³-hybridized carbons (Fsp3) is 0.250. The molecule has 0 aliphatic rings. The average Bonchev–Trinajstić information content (AvgIpc) is 2.20. The molecule has 0 spiro atoms. The largest absolute Gasteiger partial charge is 0.305 e. The third kappa shape index (κ3) is 2.60. The first kappa shape index (κ1) is 11.8. The van der Waals surface area contributed by atoms with E-state index in [1.54, 1.807) is 11.0 Å². The zero-order chi connectivity index (χ0) is 11.4. The number of hydrogen-bond donors (Lipinski definition) is 0. The molecule has 0 bridgehead atoms. The number of para-hydroxylation sites is 1. The van der Waals surface area contributed by atoms with Crippen molar-refractivity contribution in [3.63, 3.8) is 0 Å². The van der Waals surface area contributed by atoms with E-state index >= 15 is 0 Å². The van der Waals surface area contributed by atoms with E-state index in [4.69, 9.17) is 11.6 Å². The van der Waals surface area contributed by atoms with Crippen molar-refractivity contribution in [1.29, 1.82) is 0 Å². The van der Waals surface area contributed by atoms with Crippen molar-refractivity contribution in [2.45, 2.75) is 19.9 Å². The van der Waals surface area contributed by atoms with Gasteiger partial charge in [-0.15, -0.1) is 0 Å². The summed E-state index contributed by atoms with van der Waals surface area (Å²) in [5.74, 6) is -0.141. The zero-order valence-corrected chi connectivity index (χ0v) is 9.66. The molecule has 3 heteroatoms. The van der Waals surface area contributed by atoms with Crippen molar-refractivity contribution in [3.05, 3.63) is 41.9 Å². The molecular weight excluding hydrogens is 210 g/mol. The second-order valence-corrected chi connectivity index (χ2v) is 3.86. The molecule has 1 aromatic carbocycles. The highest BCUT2D eigenvalue weighted by molar-refractivity contribution is 6.34. The molecule has 0 heterocycles. The molecule has 0 aromatic heterocycles. The average molecular weight is 224 g/mol. The van der Waals surface area contributed by atoms with Crippen LogP contribution in [0.1, 0.15) is 13.8 Å². The first-order chi connectivity index (χ1) is 7.07. The maximum absolute atomic E-state index is 11.7. The highest BCUT2D eigenvalue weighted by Gasteiger charge is 2.18. The highest BCUT2D eigenvalue weighted by Crippen LogP contribution is 2.26. The van der Waals surface area contributed by atoms with Gasteiger partial charge in [0.25, 0.3) is 5.91 Å². The molecule has 0 saturated heterocycles. The third-order valence-electron chi connectivity index (χ3n) is 2.04. The van der Waals surface area contributed by atoms with Gasteiger partial charge in [0.05, 0.1) is 10.7 Å². The SMILES string of the molecule is C=CC(=O)N(c1ccccc1Cl)C(C)C. The number of rotatable bonds is 3. The van der Waals surface area contributed by atoms with E-state index in [9.17, 15) is 4.79 Å². The van der Waals surface area contributed by atoms with Gasteiger partial charge in [-0.2, -0.15) is 0 Å². The van der Waals surface area contributed by atoms with Crippen molar-refractivity contribution < 1.29 is 4.79 Å². The number of benzene rings is 1. The lowest BCUT2D eigenvalue weighted by atomic mass is 10.2. The summed E-state index contributed by atoms with van der Waals surface area (Å²) in [5.41, 5.74) is 0.721. The molecule has 80 valence electrons. The minimum absolute atomic E-state index is 0.0513. The second kappa shape index (κ2) is 4.99. The summed E-state index contributed by atoms with van der Waals surface area (Å²) in [7, 11) is 0. The Bertz CT molecular complexity index is 374. The van der Waals surface area contributed by atoms with Crippen molar-refractivity contribution in [3.8, 4) is 0 Å². The Morgan fingerprint density at radius 2 is 2.07 bits per heavy atom. The standard InChI is InChI=1S/C12H14ClNO/c1-4-12(15)14(9(2)3)11-8-6-5-7-10(11)13/h4-9H,1H2,2-3H3. The van der Waals surface area contributed by atoms with E-state index in [-0.39, 0.29) is 11.9 Å². The van der Waals surface area contributed by atoms with Gasteiger partial charge in [0.15, 0.2) is 0 Å². The second-order valence-electron chi connectivity index (χ2n) is 3.46. The summed E-state index contributed by atoms with van der Waals surface area (Å²) in [6, 6.07) is 7.33. The molecule has 1 aromatic rings. The molecule has 0 aliphatic carbocycles. The van der Waals surface area contributed by atoms with Gasteiger partial charge >= 0.3 is 0 Å². The molecule has 0 fully saturated rings. The molecule has 0 aliphatic heterocycles. The van der Waals surface area contributed by atoms with Crippen LogP contribution in [0.2, 0.25) is 5.02 Å². The third-order valence-corrected chi connectivity index (χ3v) is 2.36. The van der Waals surface area contributed by atoms with E-state index in [2.05, 4.69) is 6.58 Å². The van der Waals surface area contributed by atoms with Gasteiger partial charge in [-0.05, 0) is 32.1 Å². The smallest absolute Gasteiger partial charge is 0.250 e. The highest BCUT2D eigenvalue weighted by atomic mass is 35.5. The molecule has 0 radical (unpaired) electrons. The molecule has 0 saturated carbocycles. The maximum atomic E-state index is 11.7. The van der Waals surface area contributed by atoms with Crippen LogP contribution in [0.5, 0.6) is 0 Å². The first-order valence-electron chi connectivity index (χ1n) is 4.78. The van der Waals surface area contributed by atoms with E-state index < -0.39 is 0 Å². The number of nitrogens with zero attached hydrogens (tertiary/aromatic N) is 1. The van der Waals surface area contributed by atoms with Crippen LogP contribution in [-0.2, 0) is 4.79 Å². The van der Waals surface area contributed by atoms with Gasteiger partial charge in [0.2, 0.25) is 0 Å². The van der Waals surface area contributed by atoms with Crippen LogP contribution in [0, 0.1) is 0 Å². The molecule has 2 nitrogen and oxygen atoms in total. The number of hydrogen-bond acceptors (Lipinski definition) is 1. The summed E-state index contributed by atoms with van der Waals surface area (Å²) in [5, 5.41) is 0.571. The van der Waals surface area contributed by atoms with Crippen molar-refractivity contribution in [1.82, 2.24) is 0 Å². The van der Waals surface area contributed by atoms with Gasteiger partial charge in [-0.25, -0.2) is 0 Å². The topological polar surface area (TPSA) is 20.3 Å². The molecule has 1 amide bonds. The Morgan fingerprint density at radius 1 is 1.47 bits per heavy atom. The van der Waals surface area contributed by atoms with Crippen molar-refractivity contribution in [2.24, 2.45) is 0 Å². The van der Waals surface area contributed by atoms with Crippen LogP contribution in [-0.4, -0.2) is 11.9 Å². The molecular formula is C12H14ClNO. The van der Waals surface area contributed by atoms with Crippen LogP contribution < -0.4 is 4.90 Å². The molecule has 15 heavy (non-hydrogen) atoms. The van der Waals surface area contributed by atoms with Crippen LogP contribution >= 0.6 is 11.6 Å². The predicted octanol–water partition coefficient (Wildman–Crippen LogP) is 3.27. The number of carbonyl (C=O) groups is 1. The zero-order valence-electron chi connectivity index (χ0n) is 8.90. The molecule has 0 unspecified atom stereocenters. The monoisotopic (exact) mass is 223 g/mol. The molecule has 0 atom stereocenters. The Kier molecular flexibility index (Phi) is 3.92. The lowest BCUT2D eigenvalue weighted by molar-refractivity contribution is -0.114. The molecule has 1 rings (SSSR count). The number of anilines is 1. The van der Waals surface area contributed by atoms with E-state index in [1.807, 2.05) is 32.0 Å². The first-order valence-corrected chi connectivity index (χ1v) is 5.16. The Hall–Kier alpha value is -1.28. The van der Waals surface area contributed by atoms with Crippen molar-refractivity contribution >= 4 is 23.2 Å². The number of halogens is 1. The summed E-state index contributed by atoms with van der Waals surface area (Å²) >= 11 is 6.04. The lowest BCUT2D eigenvalue weighted by Gasteiger charge is -2.26. The predicted molar refractivity (Wildman–Crippen MR) is 64.3 cm³/mol. The minimum atomic E-state index is -0.141. The molecule has 0 N–H and O–H groups in total. The summed E-state index contributed by atoms with van der Waals surface area (Å²) in [6.45, 7) is 7.36. The summed E-state index contributed by atoms with van der Waals surface area (Å²) in [6.07, 6.45) is 1.29. The normalized spacial score (nSPS) is 10.1. The summed E-state index contributed by atoms with van der Waals surface area (Å²) < 4.78 is 0. The number of amides is 1. The van der Waals surface area contributed by atoms with Gasteiger partial charge in [-0.3, -0.25) is 4.79 Å². The Labute approximate surface area is 95.2 Å². The Morgan fingerprint density at radius 3 is 2.53 bits per heavy atom. The van der Waals surface area contributed by atoms with Crippen LogP contribution in [0.15, 0.2) is 36.9 Å². The maximum Gasteiger partial charge on any atom is 0.250 e. The van der Waals surface area contributed by atoms with E-state index in [0.29, 0.717) is 5.02 Å². The van der Waals surface area contributed by atoms with Crippen molar-refractivity contribution in [2.75, 3.05) is 4.90 Å². The number of carbonyl (C=O) groups excluding carboxylic acids is 1. The van der Waals surface area contributed by atoms with Gasteiger partial charge in [-0.1, -0.05) is 30.3 Å². The van der Waals surface area contributed by atoms with Crippen LogP contribution in [0.4, 0.5) is 5.69 Å². The van der Waals surface area contributed by atoms with Gasteiger partial charge in [0.1, 0.15) is 0 Å². The van der Waals surface area contributed by atoms with Gasteiger partial charge < -0.3 is 4.90 Å².